The average molecular weight is 422 g/mol. The normalized spacial score (nSPS) is 13.7. The van der Waals surface area contributed by atoms with E-state index < -0.39 is 3.79 Å². The van der Waals surface area contributed by atoms with Crippen molar-refractivity contribution in [2.75, 3.05) is 5.75 Å². The summed E-state index contributed by atoms with van der Waals surface area (Å²) in [5.41, 5.74) is 0. The zero-order valence-corrected chi connectivity index (χ0v) is 19.0. The number of hydrogen-bond acceptors (Lipinski definition) is 2. The molecule has 5 heteroatoms. The van der Waals surface area contributed by atoms with E-state index in [4.69, 9.17) is 34.8 Å². The van der Waals surface area contributed by atoms with Gasteiger partial charge in [-0.3, -0.25) is 0 Å². The number of alkyl halides is 3. The number of halogens is 3. The van der Waals surface area contributed by atoms with Crippen LogP contribution < -0.4 is 0 Å². The van der Waals surface area contributed by atoms with Gasteiger partial charge < -0.3 is 0 Å². The third-order valence-corrected chi connectivity index (χ3v) is 7.62. The SMILES string of the molecule is CCCCCCC(CCCCCC)[C@@H](CC(Cl)(Cl)Cl)SSCC. The monoisotopic (exact) mass is 420 g/mol. The van der Waals surface area contributed by atoms with E-state index in [1.165, 1.54) is 64.2 Å². The Morgan fingerprint density at radius 1 is 0.783 bits per heavy atom. The van der Waals surface area contributed by atoms with Gasteiger partial charge in [-0.15, -0.1) is 0 Å². The first-order chi connectivity index (χ1) is 10.9. The van der Waals surface area contributed by atoms with Crippen LogP contribution in [-0.4, -0.2) is 14.8 Å². The van der Waals surface area contributed by atoms with Crippen LogP contribution in [0.25, 0.3) is 0 Å². The van der Waals surface area contributed by atoms with E-state index in [0.717, 1.165) is 5.75 Å². The van der Waals surface area contributed by atoms with Crippen molar-refractivity contribution in [3.05, 3.63) is 0 Å². The molecule has 140 valence electrons. The van der Waals surface area contributed by atoms with Gasteiger partial charge in [0, 0.05) is 17.4 Å². The van der Waals surface area contributed by atoms with Crippen LogP contribution in [0.3, 0.4) is 0 Å². The summed E-state index contributed by atoms with van der Waals surface area (Å²) in [6, 6.07) is 0. The second-order valence-electron chi connectivity index (χ2n) is 6.32. The van der Waals surface area contributed by atoms with E-state index in [1.54, 1.807) is 0 Å². The molecule has 0 N–H and O–H groups in total. The molecule has 0 fully saturated rings. The highest BCUT2D eigenvalue weighted by molar-refractivity contribution is 8.76. The van der Waals surface area contributed by atoms with Crippen LogP contribution in [-0.2, 0) is 0 Å². The zero-order valence-electron chi connectivity index (χ0n) is 15.1. The van der Waals surface area contributed by atoms with Crippen molar-refractivity contribution in [3.63, 3.8) is 0 Å². The standard InChI is InChI=1S/C18H35Cl3S2/c1-4-7-9-11-13-16(14-12-10-8-5-2)17(23-22-6-3)15-18(19,20)21/h16-17H,4-15H2,1-3H3/t17-/m1/s1. The molecule has 0 aliphatic rings. The minimum absolute atomic E-state index is 0.454. The first-order valence-electron chi connectivity index (χ1n) is 9.29. The topological polar surface area (TPSA) is 0 Å². The quantitative estimate of drug-likeness (QED) is 0.147. The highest BCUT2D eigenvalue weighted by Crippen LogP contribution is 2.44. The summed E-state index contributed by atoms with van der Waals surface area (Å²) in [6.45, 7) is 6.73. The molecule has 0 aliphatic heterocycles. The lowest BCUT2D eigenvalue weighted by molar-refractivity contribution is 0.386. The molecule has 0 aromatic heterocycles. The van der Waals surface area contributed by atoms with Crippen molar-refractivity contribution < 1.29 is 0 Å². The van der Waals surface area contributed by atoms with Gasteiger partial charge >= 0.3 is 0 Å². The Morgan fingerprint density at radius 2 is 1.30 bits per heavy atom. The molecular formula is C18H35Cl3S2. The van der Waals surface area contributed by atoms with Gasteiger partial charge in [0.25, 0.3) is 0 Å². The van der Waals surface area contributed by atoms with Crippen LogP contribution in [0.15, 0.2) is 0 Å². The van der Waals surface area contributed by atoms with Crippen molar-refractivity contribution in [3.8, 4) is 0 Å². The summed E-state index contributed by atoms with van der Waals surface area (Å²) >= 11 is 18.4. The van der Waals surface area contributed by atoms with Gasteiger partial charge in [0.05, 0.1) is 0 Å². The van der Waals surface area contributed by atoms with Gasteiger partial charge in [-0.2, -0.15) is 0 Å². The summed E-state index contributed by atoms with van der Waals surface area (Å²) in [4.78, 5) is 0. The van der Waals surface area contributed by atoms with Crippen LogP contribution in [0.2, 0.25) is 0 Å². The third-order valence-electron chi connectivity index (χ3n) is 4.12. The van der Waals surface area contributed by atoms with Gasteiger partial charge in [-0.1, -0.05) is 129 Å². The fourth-order valence-electron chi connectivity index (χ4n) is 2.85. The van der Waals surface area contributed by atoms with Crippen molar-refractivity contribution in [1.82, 2.24) is 0 Å². The first-order valence-corrected chi connectivity index (χ1v) is 12.8. The first kappa shape index (κ1) is 24.6. The summed E-state index contributed by atoms with van der Waals surface area (Å²) in [5.74, 6) is 1.79. The lowest BCUT2D eigenvalue weighted by Crippen LogP contribution is -2.23. The molecule has 0 amide bonds. The van der Waals surface area contributed by atoms with Crippen molar-refractivity contribution in [2.45, 2.75) is 100 Å². The van der Waals surface area contributed by atoms with Gasteiger partial charge in [0.2, 0.25) is 0 Å². The molecular weight excluding hydrogens is 387 g/mol. The Bertz CT molecular complexity index is 245. The molecule has 0 bridgehead atoms. The Hall–Kier alpha value is 1.57. The molecule has 23 heavy (non-hydrogen) atoms. The second kappa shape index (κ2) is 15.8. The Morgan fingerprint density at radius 3 is 1.70 bits per heavy atom. The van der Waals surface area contributed by atoms with Crippen molar-refractivity contribution in [1.29, 1.82) is 0 Å². The van der Waals surface area contributed by atoms with Crippen LogP contribution in [0, 0.1) is 5.92 Å². The molecule has 0 heterocycles. The molecule has 0 saturated heterocycles. The predicted octanol–water partition coefficient (Wildman–Crippen LogP) is 9.07. The number of rotatable bonds is 15. The summed E-state index contributed by atoms with van der Waals surface area (Å²) in [5, 5.41) is 0.454. The maximum absolute atomic E-state index is 6.13. The summed E-state index contributed by atoms with van der Waals surface area (Å²) < 4.78 is -1.13. The molecule has 0 rings (SSSR count). The molecule has 0 saturated carbocycles. The maximum atomic E-state index is 6.13. The minimum atomic E-state index is -1.13. The van der Waals surface area contributed by atoms with E-state index in [0.29, 0.717) is 17.6 Å². The second-order valence-corrected chi connectivity index (χ2v) is 11.7. The van der Waals surface area contributed by atoms with E-state index in [1.807, 2.05) is 21.6 Å². The van der Waals surface area contributed by atoms with E-state index in [-0.39, 0.29) is 0 Å². The van der Waals surface area contributed by atoms with Crippen LogP contribution in [0.5, 0.6) is 0 Å². The Labute approximate surface area is 167 Å². The lowest BCUT2D eigenvalue weighted by atomic mass is 9.90. The minimum Gasteiger partial charge on any atom is -0.0942 e. The molecule has 0 aliphatic carbocycles. The summed E-state index contributed by atoms with van der Waals surface area (Å²) in [7, 11) is 3.86. The summed E-state index contributed by atoms with van der Waals surface area (Å²) in [6.07, 6.45) is 13.8. The molecule has 0 nitrogen and oxygen atoms in total. The Kier molecular flexibility index (Phi) is 16.9. The molecule has 0 spiro atoms. The predicted molar refractivity (Wildman–Crippen MR) is 115 cm³/mol. The Balaban J connectivity index is 4.59. The number of unbranched alkanes of at least 4 members (excludes halogenated alkanes) is 6. The van der Waals surface area contributed by atoms with Gasteiger partial charge in [-0.05, 0) is 18.8 Å². The van der Waals surface area contributed by atoms with Gasteiger partial charge in [0.1, 0.15) is 0 Å². The van der Waals surface area contributed by atoms with Crippen LogP contribution in [0.1, 0.15) is 91.4 Å². The van der Waals surface area contributed by atoms with Crippen molar-refractivity contribution in [2.24, 2.45) is 5.92 Å². The highest BCUT2D eigenvalue weighted by atomic mass is 35.6. The molecule has 0 aromatic carbocycles. The fourth-order valence-corrected chi connectivity index (χ4v) is 6.29. The maximum Gasteiger partial charge on any atom is 0.191 e. The van der Waals surface area contributed by atoms with Crippen LogP contribution in [0.4, 0.5) is 0 Å². The van der Waals surface area contributed by atoms with Gasteiger partial charge in [0.15, 0.2) is 3.79 Å². The van der Waals surface area contributed by atoms with Crippen molar-refractivity contribution >= 4 is 56.4 Å². The molecule has 0 radical (unpaired) electrons. The fraction of sp³-hybridized carbons (Fsp3) is 1.00. The van der Waals surface area contributed by atoms with Gasteiger partial charge in [-0.25, -0.2) is 0 Å². The highest BCUT2D eigenvalue weighted by Gasteiger charge is 2.31. The average Bonchev–Trinajstić information content (AvgIpc) is 2.49. The number of hydrogen-bond donors (Lipinski definition) is 0. The largest absolute Gasteiger partial charge is 0.191 e. The third kappa shape index (κ3) is 15.5. The molecule has 1 atom stereocenters. The molecule has 0 aromatic rings. The van der Waals surface area contributed by atoms with E-state index in [2.05, 4.69) is 20.8 Å². The van der Waals surface area contributed by atoms with E-state index in [9.17, 15) is 0 Å². The smallest absolute Gasteiger partial charge is 0.0942 e. The lowest BCUT2D eigenvalue weighted by Gasteiger charge is -2.29. The molecule has 0 unspecified atom stereocenters. The van der Waals surface area contributed by atoms with Crippen LogP contribution >= 0.6 is 56.4 Å². The van der Waals surface area contributed by atoms with E-state index >= 15 is 0 Å². The zero-order chi connectivity index (χ0) is 17.6.